The molecule has 1 aromatic carbocycles. The van der Waals surface area contributed by atoms with Gasteiger partial charge in [0, 0.05) is 29.4 Å². The number of hydrogen-bond acceptors (Lipinski definition) is 2. The molecule has 1 heterocycles. The summed E-state index contributed by atoms with van der Waals surface area (Å²) in [5, 5.41) is 7.56. The molecule has 0 aliphatic carbocycles. The van der Waals surface area contributed by atoms with Crippen LogP contribution in [0.3, 0.4) is 0 Å². The van der Waals surface area contributed by atoms with Crippen molar-refractivity contribution in [3.8, 4) is 0 Å². The predicted octanol–water partition coefficient (Wildman–Crippen LogP) is 3.02. The smallest absolute Gasteiger partial charge is 0.163 e. The van der Waals surface area contributed by atoms with Gasteiger partial charge in [0.25, 0.3) is 0 Å². The fourth-order valence-electron chi connectivity index (χ4n) is 1.96. The molecule has 2 aromatic rings. The fourth-order valence-corrected chi connectivity index (χ4v) is 1.96. The number of nitrogens with zero attached hydrogens (tertiary/aromatic N) is 2. The normalized spacial score (nSPS) is 11.3. The minimum absolute atomic E-state index is 0.233. The largest absolute Gasteiger partial charge is 0.310 e. The first-order valence-electron chi connectivity index (χ1n) is 6.66. The molecule has 1 N–H and O–H groups in total. The quantitative estimate of drug-likeness (QED) is 0.911. The van der Waals surface area contributed by atoms with E-state index in [2.05, 4.69) is 24.3 Å². The fraction of sp³-hybridized carbons (Fsp3) is 0.400. The van der Waals surface area contributed by atoms with Crippen molar-refractivity contribution in [3.63, 3.8) is 0 Å². The van der Waals surface area contributed by atoms with E-state index in [0.717, 1.165) is 23.9 Å². The summed E-state index contributed by atoms with van der Waals surface area (Å²) in [6.07, 6.45) is 1.77. The van der Waals surface area contributed by atoms with Crippen molar-refractivity contribution in [3.05, 3.63) is 52.9 Å². The third kappa shape index (κ3) is 3.22. The average molecular weight is 279 g/mol. The second-order valence-corrected chi connectivity index (χ2v) is 5.16. The molecule has 5 heteroatoms. The van der Waals surface area contributed by atoms with Crippen LogP contribution in [0.15, 0.2) is 24.4 Å². The van der Waals surface area contributed by atoms with Crippen molar-refractivity contribution < 1.29 is 8.78 Å². The third-order valence-electron chi connectivity index (χ3n) is 3.26. The van der Waals surface area contributed by atoms with Crippen LogP contribution >= 0.6 is 0 Å². The number of hydrogen-bond donors (Lipinski definition) is 1. The lowest BCUT2D eigenvalue weighted by molar-refractivity contribution is 0.490. The first kappa shape index (κ1) is 14.7. The Labute approximate surface area is 117 Å². The summed E-state index contributed by atoms with van der Waals surface area (Å²) in [4.78, 5) is 0. The van der Waals surface area contributed by atoms with Crippen LogP contribution < -0.4 is 5.32 Å². The summed E-state index contributed by atoms with van der Waals surface area (Å²) in [6.45, 7) is 7.03. The second kappa shape index (κ2) is 6.13. The summed E-state index contributed by atoms with van der Waals surface area (Å²) in [5.41, 5.74) is 2.33. The van der Waals surface area contributed by atoms with Gasteiger partial charge < -0.3 is 5.32 Å². The minimum Gasteiger partial charge on any atom is -0.310 e. The van der Waals surface area contributed by atoms with E-state index in [-0.39, 0.29) is 6.54 Å². The van der Waals surface area contributed by atoms with Gasteiger partial charge in [-0.25, -0.2) is 8.78 Å². The van der Waals surface area contributed by atoms with Crippen LogP contribution in [0.5, 0.6) is 0 Å². The molecule has 0 fully saturated rings. The molecular formula is C15H19F2N3. The van der Waals surface area contributed by atoms with Crippen LogP contribution in [0.1, 0.15) is 30.7 Å². The van der Waals surface area contributed by atoms with E-state index in [4.69, 9.17) is 0 Å². The zero-order valence-corrected chi connectivity index (χ0v) is 12.0. The Hall–Kier alpha value is -1.75. The van der Waals surface area contributed by atoms with Crippen LogP contribution in [-0.4, -0.2) is 15.8 Å². The molecule has 0 spiro atoms. The van der Waals surface area contributed by atoms with E-state index in [9.17, 15) is 8.78 Å². The Morgan fingerprint density at radius 3 is 2.70 bits per heavy atom. The van der Waals surface area contributed by atoms with Crippen LogP contribution in [-0.2, 0) is 13.1 Å². The van der Waals surface area contributed by atoms with Gasteiger partial charge in [0.05, 0.1) is 12.7 Å². The minimum atomic E-state index is -0.825. The molecule has 0 bridgehead atoms. The number of nitrogens with one attached hydrogen (secondary N) is 1. The van der Waals surface area contributed by atoms with E-state index >= 15 is 0 Å². The highest BCUT2D eigenvalue weighted by atomic mass is 19.2. The molecule has 3 nitrogen and oxygen atoms in total. The van der Waals surface area contributed by atoms with Gasteiger partial charge in [-0.2, -0.15) is 5.10 Å². The lowest BCUT2D eigenvalue weighted by atomic mass is 10.2. The lowest BCUT2D eigenvalue weighted by Gasteiger charge is -2.09. The SMILES string of the molecule is Cc1c(CNC(C)C)cnn1Cc1cccc(F)c1F. The average Bonchev–Trinajstić information content (AvgIpc) is 2.74. The highest BCUT2D eigenvalue weighted by Crippen LogP contribution is 2.15. The van der Waals surface area contributed by atoms with Gasteiger partial charge in [-0.1, -0.05) is 26.0 Å². The molecule has 0 aliphatic rings. The van der Waals surface area contributed by atoms with Crippen molar-refractivity contribution in [1.82, 2.24) is 15.1 Å². The maximum Gasteiger partial charge on any atom is 0.163 e. The first-order valence-corrected chi connectivity index (χ1v) is 6.66. The van der Waals surface area contributed by atoms with Crippen molar-refractivity contribution >= 4 is 0 Å². The zero-order valence-electron chi connectivity index (χ0n) is 12.0. The van der Waals surface area contributed by atoms with Crippen LogP contribution in [0.25, 0.3) is 0 Å². The monoisotopic (exact) mass is 279 g/mol. The Kier molecular flexibility index (Phi) is 4.49. The van der Waals surface area contributed by atoms with E-state index in [0.29, 0.717) is 11.6 Å². The molecule has 1 aromatic heterocycles. The maximum absolute atomic E-state index is 13.7. The Morgan fingerprint density at radius 2 is 2.00 bits per heavy atom. The second-order valence-electron chi connectivity index (χ2n) is 5.16. The summed E-state index contributed by atoms with van der Waals surface area (Å²) in [5.74, 6) is -1.63. The van der Waals surface area contributed by atoms with E-state index in [1.165, 1.54) is 6.07 Å². The van der Waals surface area contributed by atoms with Gasteiger partial charge in [-0.15, -0.1) is 0 Å². The van der Waals surface area contributed by atoms with Crippen molar-refractivity contribution in [2.45, 2.75) is 39.9 Å². The predicted molar refractivity (Wildman–Crippen MR) is 74.4 cm³/mol. The van der Waals surface area contributed by atoms with E-state index in [1.54, 1.807) is 16.9 Å². The molecule has 0 saturated heterocycles. The van der Waals surface area contributed by atoms with Crippen LogP contribution in [0, 0.1) is 18.6 Å². The molecule has 0 radical (unpaired) electrons. The van der Waals surface area contributed by atoms with Crippen LogP contribution in [0.4, 0.5) is 8.78 Å². The van der Waals surface area contributed by atoms with E-state index in [1.807, 2.05) is 6.92 Å². The number of rotatable bonds is 5. The highest BCUT2D eigenvalue weighted by molar-refractivity contribution is 5.22. The van der Waals surface area contributed by atoms with Gasteiger partial charge in [-0.05, 0) is 13.0 Å². The van der Waals surface area contributed by atoms with Gasteiger partial charge in [0.15, 0.2) is 11.6 Å². The van der Waals surface area contributed by atoms with Gasteiger partial charge in [0.1, 0.15) is 0 Å². The standard InChI is InChI=1S/C15H19F2N3/c1-10(2)18-7-13-8-19-20(11(13)3)9-12-5-4-6-14(16)15(12)17/h4-6,8,10,18H,7,9H2,1-3H3. The number of aromatic nitrogens is 2. The van der Waals surface area contributed by atoms with Crippen molar-refractivity contribution in [2.75, 3.05) is 0 Å². The Bertz CT molecular complexity index is 591. The Morgan fingerprint density at radius 1 is 1.25 bits per heavy atom. The summed E-state index contributed by atoms with van der Waals surface area (Å²) in [6, 6.07) is 4.59. The molecular weight excluding hydrogens is 260 g/mol. The maximum atomic E-state index is 13.7. The zero-order chi connectivity index (χ0) is 14.7. The Balaban J connectivity index is 2.16. The van der Waals surface area contributed by atoms with Gasteiger partial charge in [0.2, 0.25) is 0 Å². The van der Waals surface area contributed by atoms with Crippen molar-refractivity contribution in [1.29, 1.82) is 0 Å². The topological polar surface area (TPSA) is 29.9 Å². The molecule has 20 heavy (non-hydrogen) atoms. The summed E-state index contributed by atoms with van der Waals surface area (Å²) >= 11 is 0. The molecule has 0 aliphatic heterocycles. The van der Waals surface area contributed by atoms with E-state index < -0.39 is 11.6 Å². The number of halogens is 2. The number of benzene rings is 1. The van der Waals surface area contributed by atoms with Gasteiger partial charge >= 0.3 is 0 Å². The molecule has 108 valence electrons. The summed E-state index contributed by atoms with van der Waals surface area (Å²) < 4.78 is 28.5. The molecule has 0 atom stereocenters. The molecule has 0 amide bonds. The van der Waals surface area contributed by atoms with Gasteiger partial charge in [-0.3, -0.25) is 4.68 Å². The van der Waals surface area contributed by atoms with Crippen LogP contribution in [0.2, 0.25) is 0 Å². The first-order chi connectivity index (χ1) is 9.49. The highest BCUT2D eigenvalue weighted by Gasteiger charge is 2.11. The van der Waals surface area contributed by atoms with Crippen molar-refractivity contribution in [2.24, 2.45) is 0 Å². The lowest BCUT2D eigenvalue weighted by Crippen LogP contribution is -2.22. The molecule has 0 saturated carbocycles. The third-order valence-corrected chi connectivity index (χ3v) is 3.26. The summed E-state index contributed by atoms with van der Waals surface area (Å²) in [7, 11) is 0. The molecule has 0 unspecified atom stereocenters. The molecule has 2 rings (SSSR count).